The molecule has 0 aromatic heterocycles. The van der Waals surface area contributed by atoms with Crippen molar-refractivity contribution in [2.24, 2.45) is 5.10 Å². The number of hydrazone groups is 1. The minimum absolute atomic E-state index is 0.307. The number of fused-ring (bicyclic) bond motifs is 1. The molecule has 0 fully saturated rings. The van der Waals surface area contributed by atoms with Crippen molar-refractivity contribution in [3.05, 3.63) is 59.4 Å². The molecule has 25 heavy (non-hydrogen) atoms. The summed E-state index contributed by atoms with van der Waals surface area (Å²) in [6, 6.07) is 11.8. The molecule has 1 aliphatic rings. The van der Waals surface area contributed by atoms with E-state index in [1.807, 2.05) is 19.1 Å². The summed E-state index contributed by atoms with van der Waals surface area (Å²) < 4.78 is 13.8. The molecule has 0 saturated heterocycles. The molecule has 0 atom stereocenters. The van der Waals surface area contributed by atoms with Gasteiger partial charge < -0.3 is 5.32 Å². The van der Waals surface area contributed by atoms with Crippen LogP contribution in [0.1, 0.15) is 17.5 Å². The maximum absolute atomic E-state index is 13.8. The van der Waals surface area contributed by atoms with Crippen molar-refractivity contribution in [1.29, 1.82) is 0 Å². The average molecular weight is 357 g/mol. The lowest BCUT2D eigenvalue weighted by Gasteiger charge is -2.17. The fourth-order valence-electron chi connectivity index (χ4n) is 2.38. The van der Waals surface area contributed by atoms with Crippen LogP contribution < -0.4 is 10.7 Å². The molecule has 1 aliphatic heterocycles. The van der Waals surface area contributed by atoms with E-state index in [1.165, 1.54) is 17.8 Å². The highest BCUT2D eigenvalue weighted by Gasteiger charge is 2.20. The van der Waals surface area contributed by atoms with Crippen LogP contribution in [-0.4, -0.2) is 23.3 Å². The van der Waals surface area contributed by atoms with Crippen LogP contribution in [0.3, 0.4) is 0 Å². The number of nitrogens with zero attached hydrogens (tertiary/aromatic N) is 1. The van der Waals surface area contributed by atoms with Gasteiger partial charge in [-0.15, -0.1) is 11.8 Å². The second-order valence-electron chi connectivity index (χ2n) is 5.53. The summed E-state index contributed by atoms with van der Waals surface area (Å²) in [6.07, 6.45) is 0.584. The molecule has 5 nitrogen and oxygen atoms in total. The zero-order valence-corrected chi connectivity index (χ0v) is 14.3. The second-order valence-corrected chi connectivity index (χ2v) is 6.64. The van der Waals surface area contributed by atoms with E-state index in [9.17, 15) is 14.0 Å². The average Bonchev–Trinajstić information content (AvgIpc) is 2.62. The maximum atomic E-state index is 13.8. The van der Waals surface area contributed by atoms with Crippen molar-refractivity contribution in [3.63, 3.8) is 0 Å². The van der Waals surface area contributed by atoms with Crippen molar-refractivity contribution in [2.75, 3.05) is 11.1 Å². The number of benzene rings is 2. The third-order valence-electron chi connectivity index (χ3n) is 3.67. The first kappa shape index (κ1) is 17.2. The van der Waals surface area contributed by atoms with Crippen molar-refractivity contribution in [1.82, 2.24) is 5.43 Å². The number of anilines is 1. The highest BCUT2D eigenvalue weighted by molar-refractivity contribution is 7.99. The van der Waals surface area contributed by atoms with Gasteiger partial charge in [0, 0.05) is 23.4 Å². The quantitative estimate of drug-likeness (QED) is 0.641. The van der Waals surface area contributed by atoms with E-state index in [1.54, 1.807) is 24.3 Å². The normalized spacial score (nSPS) is 14.7. The molecule has 0 unspecified atom stereocenters. The highest BCUT2D eigenvalue weighted by atomic mass is 32.2. The molecule has 0 spiro atoms. The SMILES string of the molecule is Cc1ccc(NC(=O)C(=O)N/N=C2/CCSc3c(F)cccc32)cc1. The number of aryl methyl sites for hydroxylation is 1. The van der Waals surface area contributed by atoms with E-state index < -0.39 is 11.8 Å². The largest absolute Gasteiger partial charge is 0.329 e. The molecule has 0 saturated carbocycles. The summed E-state index contributed by atoms with van der Waals surface area (Å²) in [7, 11) is 0. The molecule has 0 aliphatic carbocycles. The van der Waals surface area contributed by atoms with Crippen LogP contribution in [0.5, 0.6) is 0 Å². The van der Waals surface area contributed by atoms with Gasteiger partial charge in [0.15, 0.2) is 0 Å². The molecule has 0 radical (unpaired) electrons. The first-order valence-electron chi connectivity index (χ1n) is 7.71. The van der Waals surface area contributed by atoms with Crippen molar-refractivity contribution < 1.29 is 14.0 Å². The maximum Gasteiger partial charge on any atom is 0.329 e. The summed E-state index contributed by atoms with van der Waals surface area (Å²) in [5.74, 6) is -1.32. The molecule has 7 heteroatoms. The fraction of sp³-hybridized carbons (Fsp3) is 0.167. The number of nitrogens with one attached hydrogen (secondary N) is 2. The molecule has 128 valence electrons. The van der Waals surface area contributed by atoms with Crippen LogP contribution in [0, 0.1) is 12.7 Å². The topological polar surface area (TPSA) is 70.6 Å². The predicted octanol–water partition coefficient (Wildman–Crippen LogP) is 3.09. The molecule has 2 amide bonds. The van der Waals surface area contributed by atoms with Gasteiger partial charge in [0.25, 0.3) is 0 Å². The molecular weight excluding hydrogens is 341 g/mol. The standard InChI is InChI=1S/C18H16FN3O2S/c1-11-5-7-12(8-6-11)20-17(23)18(24)22-21-15-9-10-25-16-13(15)3-2-4-14(16)19/h2-8H,9-10H2,1H3,(H,20,23)(H,22,24)/b21-15-. The minimum Gasteiger partial charge on any atom is -0.318 e. The first-order valence-corrected chi connectivity index (χ1v) is 8.69. The van der Waals surface area contributed by atoms with Crippen molar-refractivity contribution in [2.45, 2.75) is 18.2 Å². The second kappa shape index (κ2) is 7.48. The van der Waals surface area contributed by atoms with Crippen molar-refractivity contribution >= 4 is 35.0 Å². The number of carbonyl (C=O) groups is 2. The van der Waals surface area contributed by atoms with Crippen LogP contribution in [0.2, 0.25) is 0 Å². The Balaban J connectivity index is 1.68. The molecule has 2 N–H and O–H groups in total. The Bertz CT molecular complexity index is 850. The van der Waals surface area contributed by atoms with Gasteiger partial charge in [0.2, 0.25) is 0 Å². The van der Waals surface area contributed by atoms with Gasteiger partial charge >= 0.3 is 11.8 Å². The highest BCUT2D eigenvalue weighted by Crippen LogP contribution is 2.32. The lowest BCUT2D eigenvalue weighted by atomic mass is 10.1. The number of amides is 2. The van der Waals surface area contributed by atoms with Crippen LogP contribution >= 0.6 is 11.8 Å². The van der Waals surface area contributed by atoms with Gasteiger partial charge in [-0.2, -0.15) is 5.10 Å². The number of hydrogen-bond acceptors (Lipinski definition) is 4. The number of halogens is 1. The Labute approximate surface area is 148 Å². The molecular formula is C18H16FN3O2S. The first-order chi connectivity index (χ1) is 12.0. The Morgan fingerprint density at radius 1 is 1.12 bits per heavy atom. The van der Waals surface area contributed by atoms with E-state index in [0.29, 0.717) is 34.0 Å². The van der Waals surface area contributed by atoms with E-state index in [0.717, 1.165) is 5.56 Å². The zero-order valence-electron chi connectivity index (χ0n) is 13.5. The van der Waals surface area contributed by atoms with Gasteiger partial charge in [0.05, 0.1) is 10.6 Å². The van der Waals surface area contributed by atoms with Crippen LogP contribution in [0.25, 0.3) is 0 Å². The van der Waals surface area contributed by atoms with Gasteiger partial charge in [-0.05, 0) is 25.1 Å². The summed E-state index contributed by atoms with van der Waals surface area (Å²) >= 11 is 1.41. The summed E-state index contributed by atoms with van der Waals surface area (Å²) in [5.41, 5.74) is 5.04. The Morgan fingerprint density at radius 3 is 2.64 bits per heavy atom. The Hall–Kier alpha value is -2.67. The van der Waals surface area contributed by atoms with Gasteiger partial charge in [0.1, 0.15) is 5.82 Å². The molecule has 0 bridgehead atoms. The molecule has 2 aromatic rings. The number of thioether (sulfide) groups is 1. The molecule has 3 rings (SSSR count). The van der Waals surface area contributed by atoms with Gasteiger partial charge in [-0.25, -0.2) is 9.82 Å². The summed E-state index contributed by atoms with van der Waals surface area (Å²) in [4.78, 5) is 24.4. The fourth-order valence-corrected chi connectivity index (χ4v) is 3.42. The van der Waals surface area contributed by atoms with Crippen LogP contribution in [-0.2, 0) is 9.59 Å². The number of carbonyl (C=O) groups excluding carboxylic acids is 2. The van der Waals surface area contributed by atoms with E-state index in [4.69, 9.17) is 0 Å². The third kappa shape index (κ3) is 4.06. The van der Waals surface area contributed by atoms with E-state index in [2.05, 4.69) is 15.8 Å². The van der Waals surface area contributed by atoms with Crippen LogP contribution in [0.4, 0.5) is 10.1 Å². The summed E-state index contributed by atoms with van der Waals surface area (Å²) in [5, 5.41) is 6.52. The summed E-state index contributed by atoms with van der Waals surface area (Å²) in [6.45, 7) is 1.93. The van der Waals surface area contributed by atoms with Crippen LogP contribution in [0.15, 0.2) is 52.5 Å². The third-order valence-corrected chi connectivity index (χ3v) is 4.78. The number of rotatable bonds is 2. The van der Waals surface area contributed by atoms with Gasteiger partial charge in [-0.3, -0.25) is 9.59 Å². The smallest absolute Gasteiger partial charge is 0.318 e. The molecule has 2 aromatic carbocycles. The van der Waals surface area contributed by atoms with E-state index in [-0.39, 0.29) is 5.82 Å². The minimum atomic E-state index is -0.871. The lowest BCUT2D eigenvalue weighted by Crippen LogP contribution is -2.33. The van der Waals surface area contributed by atoms with Gasteiger partial charge in [-0.1, -0.05) is 29.8 Å². The van der Waals surface area contributed by atoms with Crippen molar-refractivity contribution in [3.8, 4) is 0 Å². The predicted molar refractivity (Wildman–Crippen MR) is 96.2 cm³/mol. The monoisotopic (exact) mass is 357 g/mol. The van der Waals surface area contributed by atoms with E-state index >= 15 is 0 Å². The number of hydrogen-bond donors (Lipinski definition) is 2. The Morgan fingerprint density at radius 2 is 1.88 bits per heavy atom. The Kier molecular flexibility index (Phi) is 5.14. The zero-order chi connectivity index (χ0) is 17.8. The molecule has 1 heterocycles. The lowest BCUT2D eigenvalue weighted by molar-refractivity contribution is -0.136.